The van der Waals surface area contributed by atoms with Crippen LogP contribution in [0.25, 0.3) is 21.3 Å². The average Bonchev–Trinajstić information content (AvgIpc) is 3.53. The fraction of sp³-hybridized carbons (Fsp3) is 0.440. The Labute approximate surface area is 218 Å². The fourth-order valence-electron chi connectivity index (χ4n) is 4.35. The summed E-state index contributed by atoms with van der Waals surface area (Å²) in [7, 11) is -3.71. The first-order valence-corrected chi connectivity index (χ1v) is 14.8. The number of ether oxygens (including phenoxy) is 1. The van der Waals surface area contributed by atoms with Gasteiger partial charge in [0.2, 0.25) is 5.88 Å². The maximum atomic E-state index is 15.4. The molecule has 0 amide bonds. The Morgan fingerprint density at radius 3 is 2.70 bits per heavy atom. The topological polar surface area (TPSA) is 111 Å². The molecule has 1 fully saturated rings. The number of rotatable bonds is 8. The molecule has 37 heavy (non-hydrogen) atoms. The van der Waals surface area contributed by atoms with Crippen molar-refractivity contribution in [2.24, 2.45) is 0 Å². The molecule has 0 unspecified atom stereocenters. The number of anilines is 1. The van der Waals surface area contributed by atoms with Crippen LogP contribution in [0.2, 0.25) is 0 Å². The molecule has 1 aromatic carbocycles. The van der Waals surface area contributed by atoms with Crippen molar-refractivity contribution in [1.29, 1.82) is 0 Å². The van der Waals surface area contributed by atoms with Crippen molar-refractivity contribution in [3.05, 3.63) is 41.5 Å². The van der Waals surface area contributed by atoms with Crippen molar-refractivity contribution in [2.45, 2.75) is 57.0 Å². The number of benzene rings is 1. The van der Waals surface area contributed by atoms with E-state index in [4.69, 9.17) is 9.26 Å². The van der Waals surface area contributed by atoms with Gasteiger partial charge in [0.05, 0.1) is 11.3 Å². The van der Waals surface area contributed by atoms with Crippen LogP contribution in [0, 0.1) is 5.82 Å². The summed E-state index contributed by atoms with van der Waals surface area (Å²) in [6.45, 7) is 7.21. The normalized spacial score (nSPS) is 15.1. The first kappa shape index (κ1) is 25.5. The van der Waals surface area contributed by atoms with Crippen LogP contribution >= 0.6 is 11.3 Å². The molecule has 0 aliphatic carbocycles. The molecule has 0 bridgehead atoms. The maximum absolute atomic E-state index is 15.4. The second-order valence-electron chi connectivity index (χ2n) is 9.34. The Balaban J connectivity index is 1.35. The Hall–Kier alpha value is -3.12. The fourth-order valence-corrected chi connectivity index (χ4v) is 6.73. The molecule has 3 aromatic heterocycles. The van der Waals surface area contributed by atoms with Gasteiger partial charge in [-0.3, -0.25) is 0 Å². The zero-order chi connectivity index (χ0) is 26.2. The monoisotopic (exact) mass is 545 g/mol. The number of thiophene rings is 1. The molecular formula is C25H28FN5O4S2. The highest BCUT2D eigenvalue weighted by Gasteiger charge is 2.27. The van der Waals surface area contributed by atoms with Gasteiger partial charge < -0.3 is 14.2 Å². The highest BCUT2D eigenvalue weighted by atomic mass is 32.2. The number of hydrogen-bond acceptors (Lipinski definition) is 10. The summed E-state index contributed by atoms with van der Waals surface area (Å²) in [6.07, 6.45) is 3.23. The van der Waals surface area contributed by atoms with E-state index in [-0.39, 0.29) is 28.2 Å². The van der Waals surface area contributed by atoms with Gasteiger partial charge in [-0.15, -0.1) is 11.3 Å². The first-order chi connectivity index (χ1) is 17.8. The molecule has 0 radical (unpaired) electrons. The van der Waals surface area contributed by atoms with E-state index in [1.54, 1.807) is 24.4 Å². The molecule has 12 heteroatoms. The Morgan fingerprint density at radius 2 is 2.00 bits per heavy atom. The van der Waals surface area contributed by atoms with Crippen molar-refractivity contribution in [3.8, 4) is 17.0 Å². The van der Waals surface area contributed by atoms with Gasteiger partial charge >= 0.3 is 6.01 Å². The van der Waals surface area contributed by atoms with Gasteiger partial charge in [-0.2, -0.15) is 4.98 Å². The number of halogens is 1. The zero-order valence-corrected chi connectivity index (χ0v) is 22.5. The SMILES string of the molecule is CCCS(=O)(=O)c1cccc(-c2csc3c(OC4CCN(c5nc(C(C)C)no5)CC4)ncnc23)c1F. The minimum atomic E-state index is -3.71. The van der Waals surface area contributed by atoms with Gasteiger partial charge in [0.25, 0.3) is 0 Å². The van der Waals surface area contributed by atoms with Crippen molar-refractivity contribution in [1.82, 2.24) is 20.1 Å². The van der Waals surface area contributed by atoms with E-state index in [9.17, 15) is 8.42 Å². The molecule has 1 aliphatic rings. The zero-order valence-electron chi connectivity index (χ0n) is 20.8. The van der Waals surface area contributed by atoms with E-state index in [2.05, 4.69) is 25.0 Å². The number of nitrogens with zero attached hydrogens (tertiary/aromatic N) is 5. The first-order valence-electron chi connectivity index (χ1n) is 12.3. The molecule has 9 nitrogen and oxygen atoms in total. The lowest BCUT2D eigenvalue weighted by molar-refractivity contribution is 0.164. The van der Waals surface area contributed by atoms with Crippen LogP contribution in [0.3, 0.4) is 0 Å². The minimum absolute atomic E-state index is 0.0633. The summed E-state index contributed by atoms with van der Waals surface area (Å²) in [5.74, 6) is 0.462. The van der Waals surface area contributed by atoms with Crippen LogP contribution in [-0.2, 0) is 9.84 Å². The van der Waals surface area contributed by atoms with Gasteiger partial charge in [-0.25, -0.2) is 22.8 Å². The molecule has 0 atom stereocenters. The third kappa shape index (κ3) is 5.04. The van der Waals surface area contributed by atoms with Gasteiger partial charge in [-0.05, 0) is 12.5 Å². The lowest BCUT2D eigenvalue weighted by atomic mass is 10.1. The molecule has 0 saturated carbocycles. The lowest BCUT2D eigenvalue weighted by Gasteiger charge is -2.30. The molecule has 4 heterocycles. The Kier molecular flexibility index (Phi) is 7.13. The van der Waals surface area contributed by atoms with Crippen molar-refractivity contribution < 1.29 is 22.1 Å². The van der Waals surface area contributed by atoms with Crippen molar-refractivity contribution >= 4 is 37.4 Å². The third-order valence-electron chi connectivity index (χ3n) is 6.32. The van der Waals surface area contributed by atoms with E-state index in [0.29, 0.717) is 53.0 Å². The van der Waals surface area contributed by atoms with Crippen LogP contribution in [0.1, 0.15) is 51.8 Å². The van der Waals surface area contributed by atoms with E-state index in [1.807, 2.05) is 13.8 Å². The summed E-state index contributed by atoms with van der Waals surface area (Å²) in [5, 5.41) is 5.81. The molecule has 0 spiro atoms. The van der Waals surface area contributed by atoms with E-state index in [1.165, 1.54) is 23.7 Å². The quantitative estimate of drug-likeness (QED) is 0.294. The number of hydrogen-bond donors (Lipinski definition) is 0. The van der Waals surface area contributed by atoms with Gasteiger partial charge in [0.1, 0.15) is 27.8 Å². The average molecular weight is 546 g/mol. The Morgan fingerprint density at radius 1 is 1.22 bits per heavy atom. The van der Waals surface area contributed by atoms with Crippen LogP contribution < -0.4 is 9.64 Å². The van der Waals surface area contributed by atoms with Crippen molar-refractivity contribution in [3.63, 3.8) is 0 Å². The molecule has 1 saturated heterocycles. The largest absolute Gasteiger partial charge is 0.473 e. The van der Waals surface area contributed by atoms with Crippen LogP contribution in [-0.4, -0.2) is 53.5 Å². The van der Waals surface area contributed by atoms with Crippen LogP contribution in [0.4, 0.5) is 10.4 Å². The highest BCUT2D eigenvalue weighted by molar-refractivity contribution is 7.91. The van der Waals surface area contributed by atoms with Crippen molar-refractivity contribution in [2.75, 3.05) is 23.7 Å². The molecular weight excluding hydrogens is 517 g/mol. The molecule has 196 valence electrons. The van der Waals surface area contributed by atoms with E-state index < -0.39 is 15.7 Å². The minimum Gasteiger partial charge on any atom is -0.473 e. The Bertz CT molecular complexity index is 1510. The van der Waals surface area contributed by atoms with E-state index >= 15 is 4.39 Å². The molecule has 0 N–H and O–H groups in total. The number of fused-ring (bicyclic) bond motifs is 1. The summed E-state index contributed by atoms with van der Waals surface area (Å²) < 4.78 is 52.9. The highest BCUT2D eigenvalue weighted by Crippen LogP contribution is 2.39. The van der Waals surface area contributed by atoms with Gasteiger partial charge in [-0.1, -0.05) is 38.1 Å². The summed E-state index contributed by atoms with van der Waals surface area (Å²) in [6, 6.07) is 4.97. The molecule has 1 aliphatic heterocycles. The van der Waals surface area contributed by atoms with Gasteiger partial charge in [0.15, 0.2) is 15.7 Å². The second kappa shape index (κ2) is 10.3. The predicted octanol–water partition coefficient (Wildman–Crippen LogP) is 5.24. The number of sulfone groups is 1. The second-order valence-corrected chi connectivity index (χ2v) is 12.3. The summed E-state index contributed by atoms with van der Waals surface area (Å²) in [4.78, 5) is 15.0. The van der Waals surface area contributed by atoms with Crippen LogP contribution in [0.5, 0.6) is 5.88 Å². The third-order valence-corrected chi connectivity index (χ3v) is 9.21. The molecule has 4 aromatic rings. The summed E-state index contributed by atoms with van der Waals surface area (Å²) in [5.41, 5.74) is 1.25. The van der Waals surface area contributed by atoms with Crippen LogP contribution in [0.15, 0.2) is 39.3 Å². The van der Waals surface area contributed by atoms with Gasteiger partial charge in [0, 0.05) is 48.4 Å². The summed E-state index contributed by atoms with van der Waals surface area (Å²) >= 11 is 1.35. The number of piperidine rings is 1. The maximum Gasteiger partial charge on any atom is 0.324 e. The lowest BCUT2D eigenvalue weighted by Crippen LogP contribution is -2.38. The molecule has 5 rings (SSSR count). The predicted molar refractivity (Wildman–Crippen MR) is 139 cm³/mol. The number of aromatic nitrogens is 4. The standard InChI is InChI=1S/C25H28FN5O4S2/c1-4-12-37(32,33)19-7-5-6-17(20(19)26)18-13-36-22-21(18)27-14-28-24(22)34-16-8-10-31(11-9-16)25-29-23(15(2)3)30-35-25/h5-7,13-16H,4,8-12H2,1-3H3. The van der Waals surface area contributed by atoms with E-state index in [0.717, 1.165) is 12.8 Å². The smallest absolute Gasteiger partial charge is 0.324 e.